The average Bonchev–Trinajstić information content (AvgIpc) is 3.08. The molecule has 0 spiro atoms. The maximum absolute atomic E-state index is 12.2. The summed E-state index contributed by atoms with van der Waals surface area (Å²) >= 11 is 0. The molecule has 0 radical (unpaired) electrons. The van der Waals surface area contributed by atoms with E-state index < -0.39 is 10.8 Å². The molecule has 0 aliphatic carbocycles. The number of nitrogens with zero attached hydrogens (tertiary/aromatic N) is 3. The van der Waals surface area contributed by atoms with Crippen molar-refractivity contribution < 1.29 is 13.1 Å². The van der Waals surface area contributed by atoms with Gasteiger partial charge in [0.15, 0.2) is 5.82 Å². The average molecular weight is 345 g/mol. The second-order valence-electron chi connectivity index (χ2n) is 5.69. The zero-order chi connectivity index (χ0) is 17.1. The summed E-state index contributed by atoms with van der Waals surface area (Å²) in [6, 6.07) is 8.07. The molecule has 3 rings (SSSR count). The molecule has 0 N–H and O–H groups in total. The number of hydrogen-bond donors (Lipinski definition) is 0. The van der Waals surface area contributed by atoms with Crippen molar-refractivity contribution in [3.8, 4) is 0 Å². The first-order valence-corrected chi connectivity index (χ1v) is 9.14. The largest absolute Gasteiger partial charge is 0.445 e. The van der Waals surface area contributed by atoms with Crippen molar-refractivity contribution in [2.45, 2.75) is 38.7 Å². The standard InChI is InChI=1S/C17H19N3O3S/c1-11-6-4-5-7-14(11)8-15-19-17(23-20-15)10-24(21)9-16-18-12(2)13(3)22-16/h4-7H,8-10H2,1-3H3/t24-/m1/s1. The van der Waals surface area contributed by atoms with Crippen molar-refractivity contribution in [1.29, 1.82) is 0 Å². The maximum atomic E-state index is 12.2. The molecule has 3 aromatic rings. The number of aryl methyl sites for hydroxylation is 3. The van der Waals surface area contributed by atoms with Gasteiger partial charge in [0, 0.05) is 17.2 Å². The van der Waals surface area contributed by atoms with E-state index >= 15 is 0 Å². The van der Waals surface area contributed by atoms with Crippen molar-refractivity contribution in [1.82, 2.24) is 15.1 Å². The monoisotopic (exact) mass is 345 g/mol. The number of hydrogen-bond acceptors (Lipinski definition) is 6. The molecule has 7 heteroatoms. The van der Waals surface area contributed by atoms with E-state index in [4.69, 9.17) is 8.94 Å². The van der Waals surface area contributed by atoms with Gasteiger partial charge in [0.2, 0.25) is 11.8 Å². The molecule has 0 fully saturated rings. The van der Waals surface area contributed by atoms with Crippen LogP contribution in [-0.2, 0) is 28.7 Å². The van der Waals surface area contributed by atoms with Crippen LogP contribution >= 0.6 is 0 Å². The Hall–Kier alpha value is -2.28. The Kier molecular flexibility index (Phi) is 4.89. The summed E-state index contributed by atoms with van der Waals surface area (Å²) in [5.41, 5.74) is 3.15. The van der Waals surface area contributed by atoms with Crippen LogP contribution in [0.25, 0.3) is 0 Å². The Morgan fingerprint density at radius 3 is 2.50 bits per heavy atom. The first-order valence-electron chi connectivity index (χ1n) is 7.65. The smallest absolute Gasteiger partial charge is 0.239 e. The molecule has 0 saturated heterocycles. The second-order valence-corrected chi connectivity index (χ2v) is 7.14. The molecule has 0 amide bonds. The van der Waals surface area contributed by atoms with Gasteiger partial charge in [-0.3, -0.25) is 4.21 Å². The molecule has 2 aromatic heterocycles. The number of benzene rings is 1. The summed E-state index contributed by atoms with van der Waals surface area (Å²) in [6.07, 6.45) is 0.598. The first-order chi connectivity index (χ1) is 11.5. The molecule has 0 bridgehead atoms. The molecule has 2 heterocycles. The Balaban J connectivity index is 1.61. The van der Waals surface area contributed by atoms with Crippen LogP contribution in [0.4, 0.5) is 0 Å². The lowest BCUT2D eigenvalue weighted by Crippen LogP contribution is -2.01. The molecule has 0 saturated carbocycles. The van der Waals surface area contributed by atoms with Crippen LogP contribution in [-0.4, -0.2) is 19.3 Å². The van der Waals surface area contributed by atoms with E-state index in [1.807, 2.05) is 45.0 Å². The Morgan fingerprint density at radius 1 is 1.04 bits per heavy atom. The molecular formula is C17H19N3O3S. The Labute approximate surface area is 142 Å². The normalized spacial score (nSPS) is 12.5. The third kappa shape index (κ3) is 3.97. The van der Waals surface area contributed by atoms with E-state index in [1.54, 1.807) is 0 Å². The van der Waals surface area contributed by atoms with E-state index in [1.165, 1.54) is 5.56 Å². The summed E-state index contributed by atoms with van der Waals surface area (Å²) in [7, 11) is -1.21. The number of aromatic nitrogens is 3. The predicted octanol–water partition coefficient (Wildman–Crippen LogP) is 3.02. The molecule has 0 aliphatic rings. The third-order valence-corrected chi connectivity index (χ3v) is 4.90. The van der Waals surface area contributed by atoms with Gasteiger partial charge in [-0.2, -0.15) is 4.98 Å². The minimum atomic E-state index is -1.21. The molecule has 0 unspecified atom stereocenters. The summed E-state index contributed by atoms with van der Waals surface area (Å²) in [5, 5.41) is 3.97. The van der Waals surface area contributed by atoms with Crippen LogP contribution in [0.5, 0.6) is 0 Å². The van der Waals surface area contributed by atoms with Crippen LogP contribution in [0.2, 0.25) is 0 Å². The van der Waals surface area contributed by atoms with Crippen LogP contribution in [0, 0.1) is 20.8 Å². The minimum absolute atomic E-state index is 0.196. The molecule has 1 aromatic carbocycles. The van der Waals surface area contributed by atoms with Crippen LogP contribution in [0.3, 0.4) is 0 Å². The van der Waals surface area contributed by atoms with E-state index in [2.05, 4.69) is 15.1 Å². The van der Waals surface area contributed by atoms with Crippen molar-refractivity contribution in [2.75, 3.05) is 0 Å². The SMILES string of the molecule is Cc1ccccc1Cc1noc(C[S@](=O)Cc2nc(C)c(C)o2)n1. The van der Waals surface area contributed by atoms with Crippen molar-refractivity contribution in [3.63, 3.8) is 0 Å². The zero-order valence-corrected chi connectivity index (χ0v) is 14.7. The highest BCUT2D eigenvalue weighted by atomic mass is 32.2. The minimum Gasteiger partial charge on any atom is -0.445 e. The van der Waals surface area contributed by atoms with Gasteiger partial charge >= 0.3 is 0 Å². The molecule has 6 nitrogen and oxygen atoms in total. The quantitative estimate of drug-likeness (QED) is 0.683. The topological polar surface area (TPSA) is 82.0 Å². The van der Waals surface area contributed by atoms with Crippen molar-refractivity contribution in [2.24, 2.45) is 0 Å². The predicted molar refractivity (Wildman–Crippen MR) is 89.8 cm³/mol. The van der Waals surface area contributed by atoms with E-state index in [0.29, 0.717) is 24.0 Å². The number of rotatable bonds is 6. The van der Waals surface area contributed by atoms with Gasteiger partial charge in [0.25, 0.3) is 0 Å². The van der Waals surface area contributed by atoms with Gasteiger partial charge in [-0.15, -0.1) is 0 Å². The summed E-state index contributed by atoms with van der Waals surface area (Å²) in [6.45, 7) is 5.75. The number of oxazole rings is 1. The molecule has 24 heavy (non-hydrogen) atoms. The van der Waals surface area contributed by atoms with Crippen LogP contribution in [0.15, 0.2) is 33.2 Å². The van der Waals surface area contributed by atoms with Gasteiger partial charge in [0.05, 0.1) is 5.69 Å². The zero-order valence-electron chi connectivity index (χ0n) is 13.9. The van der Waals surface area contributed by atoms with E-state index in [0.717, 1.165) is 17.0 Å². The van der Waals surface area contributed by atoms with Gasteiger partial charge in [-0.1, -0.05) is 29.4 Å². The highest BCUT2D eigenvalue weighted by Gasteiger charge is 2.14. The molecule has 0 aliphatic heterocycles. The summed E-state index contributed by atoms with van der Waals surface area (Å²) in [5.74, 6) is 2.63. The fourth-order valence-corrected chi connectivity index (χ4v) is 3.22. The van der Waals surface area contributed by atoms with Crippen LogP contribution < -0.4 is 0 Å². The lowest BCUT2D eigenvalue weighted by molar-refractivity contribution is 0.384. The molecule has 126 valence electrons. The lowest BCUT2D eigenvalue weighted by Gasteiger charge is -2.00. The van der Waals surface area contributed by atoms with Crippen molar-refractivity contribution >= 4 is 10.8 Å². The van der Waals surface area contributed by atoms with Gasteiger partial charge in [0.1, 0.15) is 17.3 Å². The van der Waals surface area contributed by atoms with Crippen molar-refractivity contribution in [3.05, 3.63) is 64.5 Å². The molecular weight excluding hydrogens is 326 g/mol. The van der Waals surface area contributed by atoms with Gasteiger partial charge in [-0.25, -0.2) is 4.98 Å². The van der Waals surface area contributed by atoms with E-state index in [9.17, 15) is 4.21 Å². The fraction of sp³-hybridized carbons (Fsp3) is 0.353. The Morgan fingerprint density at radius 2 is 1.79 bits per heavy atom. The van der Waals surface area contributed by atoms with Crippen LogP contribution in [0.1, 0.15) is 40.2 Å². The van der Waals surface area contributed by atoms with Gasteiger partial charge < -0.3 is 8.94 Å². The summed E-state index contributed by atoms with van der Waals surface area (Å²) in [4.78, 5) is 8.57. The highest BCUT2D eigenvalue weighted by molar-refractivity contribution is 7.83. The second kappa shape index (κ2) is 7.09. The third-order valence-electron chi connectivity index (χ3n) is 3.76. The lowest BCUT2D eigenvalue weighted by atomic mass is 10.1. The van der Waals surface area contributed by atoms with E-state index in [-0.39, 0.29) is 11.5 Å². The maximum Gasteiger partial charge on any atom is 0.239 e. The highest BCUT2D eigenvalue weighted by Crippen LogP contribution is 2.14. The first kappa shape index (κ1) is 16.6. The summed E-state index contributed by atoms with van der Waals surface area (Å²) < 4.78 is 22.9. The fourth-order valence-electron chi connectivity index (χ4n) is 2.33. The van der Waals surface area contributed by atoms with Gasteiger partial charge in [-0.05, 0) is 31.9 Å². The Bertz CT molecular complexity index is 850. The molecule has 1 atom stereocenters.